The highest BCUT2D eigenvalue weighted by Gasteiger charge is 2.41. The summed E-state index contributed by atoms with van der Waals surface area (Å²) >= 11 is 0. The Morgan fingerprint density at radius 2 is 2.59 bits per heavy atom. The summed E-state index contributed by atoms with van der Waals surface area (Å²) in [6.45, 7) is -0.253. The Kier molecular flexibility index (Phi) is 3.14. The number of aliphatic hydroxyl groups excluding tert-OH is 1. The number of methoxy groups -OCH3 is 1. The van der Waals surface area contributed by atoms with Gasteiger partial charge in [0.15, 0.2) is 5.79 Å². The smallest absolute Gasteiger partial charge is 0.351 e. The number of hydrogen-bond acceptors (Lipinski definition) is 6. The van der Waals surface area contributed by atoms with Gasteiger partial charge in [0.1, 0.15) is 12.0 Å². The number of nitrogen functional groups attached to an aromatic ring is 1. The van der Waals surface area contributed by atoms with Crippen molar-refractivity contribution in [2.75, 3.05) is 19.5 Å². The molecule has 2 rings (SSSR count). The molecule has 7 heteroatoms. The quantitative estimate of drug-likeness (QED) is 0.738. The molecule has 0 aliphatic carbocycles. The molecule has 2 unspecified atom stereocenters. The molecule has 0 saturated carbocycles. The molecule has 1 saturated heterocycles. The number of aliphatic hydroxyl groups is 1. The molecule has 2 atom stereocenters. The van der Waals surface area contributed by atoms with Gasteiger partial charge in [-0.15, -0.1) is 0 Å². The van der Waals surface area contributed by atoms with Crippen molar-refractivity contribution in [2.45, 2.75) is 24.9 Å². The van der Waals surface area contributed by atoms with Crippen molar-refractivity contribution in [3.8, 4) is 0 Å². The highest BCUT2D eigenvalue weighted by molar-refractivity contribution is 5.23. The minimum absolute atomic E-state index is 0.171. The molecule has 7 nitrogen and oxygen atoms in total. The van der Waals surface area contributed by atoms with Crippen molar-refractivity contribution in [1.82, 2.24) is 9.55 Å². The van der Waals surface area contributed by atoms with Gasteiger partial charge in [-0.2, -0.15) is 4.98 Å². The molecular weight excluding hydrogens is 226 g/mol. The molecule has 0 radical (unpaired) electrons. The standard InChI is InChI=1S/C10H15N3O4/c1-16-10(6-14)4-2-8(17-10)13-5-3-7(11)12-9(13)15/h3,5,8,14H,2,4,6H2,1H3,(H2,11,12,15). The molecule has 0 aromatic carbocycles. The topological polar surface area (TPSA) is 99.6 Å². The monoisotopic (exact) mass is 241 g/mol. The van der Waals surface area contributed by atoms with Crippen LogP contribution in [0.1, 0.15) is 19.1 Å². The fourth-order valence-electron chi connectivity index (χ4n) is 1.88. The molecule has 1 aromatic rings. The highest BCUT2D eigenvalue weighted by atomic mass is 16.7. The highest BCUT2D eigenvalue weighted by Crippen LogP contribution is 2.35. The Labute approximate surface area is 97.8 Å². The van der Waals surface area contributed by atoms with Gasteiger partial charge in [-0.1, -0.05) is 0 Å². The predicted octanol–water partition coefficient (Wildman–Crippen LogP) is -0.531. The summed E-state index contributed by atoms with van der Waals surface area (Å²) in [6, 6.07) is 1.52. The summed E-state index contributed by atoms with van der Waals surface area (Å²) in [5.41, 5.74) is 4.93. The summed E-state index contributed by atoms with van der Waals surface area (Å²) in [5.74, 6) is -0.852. The minimum Gasteiger partial charge on any atom is -0.391 e. The Morgan fingerprint density at radius 1 is 1.82 bits per heavy atom. The van der Waals surface area contributed by atoms with E-state index in [-0.39, 0.29) is 12.4 Å². The molecule has 1 aromatic heterocycles. The van der Waals surface area contributed by atoms with Gasteiger partial charge in [-0.25, -0.2) is 4.79 Å². The summed E-state index contributed by atoms with van der Waals surface area (Å²) < 4.78 is 12.0. The molecule has 0 amide bonds. The van der Waals surface area contributed by atoms with Crippen LogP contribution in [0.15, 0.2) is 17.1 Å². The zero-order chi connectivity index (χ0) is 12.5. The number of nitrogens with zero attached hydrogens (tertiary/aromatic N) is 2. The molecule has 3 N–H and O–H groups in total. The second-order valence-corrected chi connectivity index (χ2v) is 3.93. The van der Waals surface area contributed by atoms with Gasteiger partial charge in [-0.3, -0.25) is 4.57 Å². The van der Waals surface area contributed by atoms with Crippen molar-refractivity contribution in [3.05, 3.63) is 22.7 Å². The number of aromatic nitrogens is 2. The number of ether oxygens (including phenoxy) is 2. The third kappa shape index (κ3) is 2.17. The molecule has 1 fully saturated rings. The average molecular weight is 241 g/mol. The third-order valence-corrected chi connectivity index (χ3v) is 2.90. The minimum atomic E-state index is -1.02. The van der Waals surface area contributed by atoms with Crippen LogP contribution in [-0.4, -0.2) is 34.2 Å². The number of nitrogens with two attached hydrogens (primary N) is 1. The van der Waals surface area contributed by atoms with Crippen LogP contribution in [0, 0.1) is 0 Å². The van der Waals surface area contributed by atoms with Crippen molar-refractivity contribution >= 4 is 5.82 Å². The first-order valence-corrected chi connectivity index (χ1v) is 5.29. The van der Waals surface area contributed by atoms with Crippen LogP contribution in [0.5, 0.6) is 0 Å². The van der Waals surface area contributed by atoms with Crippen molar-refractivity contribution in [1.29, 1.82) is 0 Å². The molecule has 1 aliphatic heterocycles. The Morgan fingerprint density at radius 3 is 3.12 bits per heavy atom. The van der Waals surface area contributed by atoms with Crippen LogP contribution in [-0.2, 0) is 9.47 Å². The van der Waals surface area contributed by atoms with Gasteiger partial charge in [-0.05, 0) is 12.5 Å². The van der Waals surface area contributed by atoms with E-state index in [4.69, 9.17) is 15.2 Å². The largest absolute Gasteiger partial charge is 0.391 e. The predicted molar refractivity (Wildman–Crippen MR) is 59.1 cm³/mol. The van der Waals surface area contributed by atoms with E-state index >= 15 is 0 Å². The zero-order valence-corrected chi connectivity index (χ0v) is 9.50. The average Bonchev–Trinajstić information content (AvgIpc) is 2.74. The van der Waals surface area contributed by atoms with E-state index in [1.54, 1.807) is 0 Å². The van der Waals surface area contributed by atoms with Gasteiger partial charge in [0.05, 0.1) is 6.61 Å². The Bertz CT molecular complexity index is 455. The van der Waals surface area contributed by atoms with Gasteiger partial charge in [0.2, 0.25) is 0 Å². The van der Waals surface area contributed by atoms with Crippen LogP contribution in [0.25, 0.3) is 0 Å². The maximum absolute atomic E-state index is 11.6. The van der Waals surface area contributed by atoms with Crippen LogP contribution in [0.4, 0.5) is 5.82 Å². The van der Waals surface area contributed by atoms with Gasteiger partial charge >= 0.3 is 5.69 Å². The van der Waals surface area contributed by atoms with E-state index in [1.807, 2.05) is 0 Å². The number of rotatable bonds is 3. The van der Waals surface area contributed by atoms with E-state index in [2.05, 4.69) is 4.98 Å². The summed E-state index contributed by atoms with van der Waals surface area (Å²) in [4.78, 5) is 15.2. The lowest BCUT2D eigenvalue weighted by atomic mass is 10.2. The van der Waals surface area contributed by atoms with E-state index in [0.29, 0.717) is 12.8 Å². The second kappa shape index (κ2) is 4.44. The molecular formula is C10H15N3O4. The van der Waals surface area contributed by atoms with E-state index in [9.17, 15) is 9.90 Å². The molecule has 94 valence electrons. The third-order valence-electron chi connectivity index (χ3n) is 2.90. The van der Waals surface area contributed by atoms with Gasteiger partial charge in [0.25, 0.3) is 0 Å². The van der Waals surface area contributed by atoms with E-state index < -0.39 is 17.7 Å². The molecule has 2 heterocycles. The molecule has 0 spiro atoms. The molecule has 17 heavy (non-hydrogen) atoms. The maximum Gasteiger partial charge on any atom is 0.351 e. The maximum atomic E-state index is 11.6. The first-order chi connectivity index (χ1) is 8.10. The fourth-order valence-corrected chi connectivity index (χ4v) is 1.88. The zero-order valence-electron chi connectivity index (χ0n) is 9.50. The number of anilines is 1. The SMILES string of the molecule is COC1(CO)CCC(n2ccc(N)nc2=O)O1. The summed E-state index contributed by atoms with van der Waals surface area (Å²) in [7, 11) is 1.46. The fraction of sp³-hybridized carbons (Fsp3) is 0.600. The van der Waals surface area contributed by atoms with Crippen LogP contribution < -0.4 is 11.4 Å². The van der Waals surface area contributed by atoms with Crippen molar-refractivity contribution in [2.24, 2.45) is 0 Å². The summed E-state index contributed by atoms with van der Waals surface area (Å²) in [6.07, 6.45) is 2.13. The van der Waals surface area contributed by atoms with Crippen LogP contribution in [0.2, 0.25) is 0 Å². The first kappa shape index (κ1) is 12.0. The Hall–Kier alpha value is -1.44. The lowest BCUT2D eigenvalue weighted by Crippen LogP contribution is -2.36. The first-order valence-electron chi connectivity index (χ1n) is 5.29. The number of hydrogen-bond donors (Lipinski definition) is 2. The van der Waals surface area contributed by atoms with Crippen molar-refractivity contribution < 1.29 is 14.6 Å². The second-order valence-electron chi connectivity index (χ2n) is 3.93. The van der Waals surface area contributed by atoms with Gasteiger partial charge in [0, 0.05) is 19.7 Å². The van der Waals surface area contributed by atoms with E-state index in [0.717, 1.165) is 0 Å². The van der Waals surface area contributed by atoms with Crippen molar-refractivity contribution in [3.63, 3.8) is 0 Å². The Balaban J connectivity index is 2.23. The van der Waals surface area contributed by atoms with Gasteiger partial charge < -0.3 is 20.3 Å². The molecule has 0 bridgehead atoms. The normalized spacial score (nSPS) is 28.5. The molecule has 1 aliphatic rings. The van der Waals surface area contributed by atoms with Crippen LogP contribution >= 0.6 is 0 Å². The lowest BCUT2D eigenvalue weighted by Gasteiger charge is -2.25. The lowest BCUT2D eigenvalue weighted by molar-refractivity contribution is -0.242. The van der Waals surface area contributed by atoms with Crippen LogP contribution in [0.3, 0.4) is 0 Å². The van der Waals surface area contributed by atoms with E-state index in [1.165, 1.54) is 23.9 Å². The summed E-state index contributed by atoms with van der Waals surface area (Å²) in [5, 5.41) is 9.22.